The second-order valence-electron chi connectivity index (χ2n) is 4.39. The van der Waals surface area contributed by atoms with E-state index in [0.717, 1.165) is 16.6 Å². The van der Waals surface area contributed by atoms with Gasteiger partial charge in [0, 0.05) is 24.2 Å². The maximum atomic E-state index is 5.76. The summed E-state index contributed by atoms with van der Waals surface area (Å²) in [5.74, 6) is 1.69. The molecule has 0 saturated heterocycles. The lowest BCUT2D eigenvalue weighted by Crippen LogP contribution is -1.99. The molecule has 2 heterocycles. The van der Waals surface area contributed by atoms with E-state index in [0.29, 0.717) is 17.6 Å². The Labute approximate surface area is 116 Å². The molecule has 0 unspecified atom stereocenters. The van der Waals surface area contributed by atoms with Gasteiger partial charge in [0.25, 0.3) is 0 Å². The Morgan fingerprint density at radius 1 is 1.10 bits per heavy atom. The number of pyridine rings is 1. The third-order valence-corrected chi connectivity index (χ3v) is 2.84. The monoisotopic (exact) mass is 266 g/mol. The van der Waals surface area contributed by atoms with Crippen molar-refractivity contribution in [2.45, 2.75) is 6.92 Å². The average molecular weight is 266 g/mol. The Bertz CT molecular complexity index is 758. The highest BCUT2D eigenvalue weighted by Crippen LogP contribution is 2.23. The molecule has 0 atom stereocenters. The quantitative estimate of drug-likeness (QED) is 0.789. The molecule has 0 radical (unpaired) electrons. The van der Waals surface area contributed by atoms with Crippen LogP contribution in [0.4, 0.5) is 5.95 Å². The van der Waals surface area contributed by atoms with Crippen LogP contribution >= 0.6 is 0 Å². The van der Waals surface area contributed by atoms with E-state index in [1.54, 1.807) is 19.3 Å². The van der Waals surface area contributed by atoms with Crippen molar-refractivity contribution in [1.29, 1.82) is 0 Å². The number of rotatable bonds is 3. The maximum absolute atomic E-state index is 5.76. The van der Waals surface area contributed by atoms with Gasteiger partial charge < -0.3 is 10.1 Å². The number of hydrogen-bond donors (Lipinski definition) is 1. The minimum Gasteiger partial charge on any atom is -0.437 e. The molecular formula is C15H14N4O. The first-order chi connectivity index (χ1) is 9.74. The molecular weight excluding hydrogens is 252 g/mol. The molecule has 5 nitrogen and oxygen atoms in total. The first-order valence-electron chi connectivity index (χ1n) is 6.31. The number of anilines is 1. The fourth-order valence-corrected chi connectivity index (χ4v) is 1.93. The Morgan fingerprint density at radius 2 is 1.95 bits per heavy atom. The van der Waals surface area contributed by atoms with Crippen LogP contribution in [0.3, 0.4) is 0 Å². The summed E-state index contributed by atoms with van der Waals surface area (Å²) in [6.45, 7) is 1.90. The first kappa shape index (κ1) is 12.3. The van der Waals surface area contributed by atoms with Gasteiger partial charge in [-0.3, -0.25) is 4.98 Å². The lowest BCUT2D eigenvalue weighted by molar-refractivity contribution is 0.460. The predicted molar refractivity (Wildman–Crippen MR) is 78.1 cm³/mol. The molecule has 3 rings (SSSR count). The highest BCUT2D eigenvalue weighted by Gasteiger charge is 2.04. The van der Waals surface area contributed by atoms with E-state index in [4.69, 9.17) is 4.74 Å². The SMILES string of the molecule is CNc1nc(C)cc(Oc2cnc3ccccc3c2)n1. The van der Waals surface area contributed by atoms with Crippen molar-refractivity contribution in [3.63, 3.8) is 0 Å². The second kappa shape index (κ2) is 5.13. The number of nitrogens with one attached hydrogen (secondary N) is 1. The molecule has 5 heteroatoms. The number of aromatic nitrogens is 3. The fraction of sp³-hybridized carbons (Fsp3) is 0.133. The van der Waals surface area contributed by atoms with Gasteiger partial charge in [-0.1, -0.05) is 18.2 Å². The van der Waals surface area contributed by atoms with Gasteiger partial charge in [0.1, 0.15) is 5.75 Å². The van der Waals surface area contributed by atoms with Crippen LogP contribution in [0.5, 0.6) is 11.6 Å². The number of benzene rings is 1. The summed E-state index contributed by atoms with van der Waals surface area (Å²) in [4.78, 5) is 12.8. The Balaban J connectivity index is 1.94. The summed E-state index contributed by atoms with van der Waals surface area (Å²) in [5, 5.41) is 3.94. The standard InChI is InChI=1S/C15H14N4O/c1-10-7-14(19-15(16-2)18-10)20-12-8-11-5-3-4-6-13(11)17-9-12/h3-9H,1-2H3,(H,16,18,19). The minimum atomic E-state index is 0.499. The summed E-state index contributed by atoms with van der Waals surface area (Å²) in [7, 11) is 1.77. The van der Waals surface area contributed by atoms with E-state index >= 15 is 0 Å². The predicted octanol–water partition coefficient (Wildman–Crippen LogP) is 3.17. The Kier molecular flexibility index (Phi) is 3.16. The van der Waals surface area contributed by atoms with Gasteiger partial charge in [-0.2, -0.15) is 4.98 Å². The highest BCUT2D eigenvalue weighted by atomic mass is 16.5. The number of hydrogen-bond acceptors (Lipinski definition) is 5. The van der Waals surface area contributed by atoms with E-state index < -0.39 is 0 Å². The lowest BCUT2D eigenvalue weighted by Gasteiger charge is -2.07. The molecule has 0 aliphatic heterocycles. The van der Waals surface area contributed by atoms with Gasteiger partial charge in [0.05, 0.1) is 11.7 Å². The van der Waals surface area contributed by atoms with Crippen LogP contribution in [0.1, 0.15) is 5.69 Å². The largest absolute Gasteiger partial charge is 0.437 e. The highest BCUT2D eigenvalue weighted by molar-refractivity contribution is 5.79. The van der Waals surface area contributed by atoms with Crippen LogP contribution in [-0.4, -0.2) is 22.0 Å². The molecule has 0 aliphatic rings. The first-order valence-corrected chi connectivity index (χ1v) is 6.31. The molecule has 0 fully saturated rings. The normalized spacial score (nSPS) is 10.5. The van der Waals surface area contributed by atoms with Gasteiger partial charge in [0.15, 0.2) is 0 Å². The smallest absolute Gasteiger partial charge is 0.225 e. The fourth-order valence-electron chi connectivity index (χ4n) is 1.93. The van der Waals surface area contributed by atoms with Gasteiger partial charge in [0.2, 0.25) is 11.8 Å². The van der Waals surface area contributed by atoms with Crippen molar-refractivity contribution in [3.8, 4) is 11.6 Å². The molecule has 20 heavy (non-hydrogen) atoms. The molecule has 0 amide bonds. The second-order valence-corrected chi connectivity index (χ2v) is 4.39. The van der Waals surface area contributed by atoms with E-state index in [9.17, 15) is 0 Å². The van der Waals surface area contributed by atoms with Crippen LogP contribution in [-0.2, 0) is 0 Å². The topological polar surface area (TPSA) is 59.9 Å². The number of aryl methyl sites for hydroxylation is 1. The molecule has 0 saturated carbocycles. The van der Waals surface area contributed by atoms with Crippen LogP contribution in [0, 0.1) is 6.92 Å². The van der Waals surface area contributed by atoms with Crippen LogP contribution in [0.2, 0.25) is 0 Å². The van der Waals surface area contributed by atoms with Gasteiger partial charge in [-0.25, -0.2) is 4.98 Å². The number of para-hydroxylation sites is 1. The van der Waals surface area contributed by atoms with E-state index in [1.807, 2.05) is 37.3 Å². The molecule has 100 valence electrons. The summed E-state index contributed by atoms with van der Waals surface area (Å²) in [6, 6.07) is 11.6. The summed E-state index contributed by atoms with van der Waals surface area (Å²) >= 11 is 0. The van der Waals surface area contributed by atoms with E-state index in [-0.39, 0.29) is 0 Å². The van der Waals surface area contributed by atoms with E-state index in [1.165, 1.54) is 0 Å². The molecule has 0 bridgehead atoms. The van der Waals surface area contributed by atoms with Crippen LogP contribution in [0.25, 0.3) is 10.9 Å². The molecule has 3 aromatic rings. The van der Waals surface area contributed by atoms with Crippen molar-refractivity contribution < 1.29 is 4.74 Å². The number of fused-ring (bicyclic) bond motifs is 1. The maximum Gasteiger partial charge on any atom is 0.225 e. The summed E-state index contributed by atoms with van der Waals surface area (Å²) < 4.78 is 5.76. The molecule has 2 aromatic heterocycles. The van der Waals surface area contributed by atoms with Gasteiger partial charge in [-0.05, 0) is 19.1 Å². The van der Waals surface area contributed by atoms with Gasteiger partial charge >= 0.3 is 0 Å². The van der Waals surface area contributed by atoms with Crippen molar-refractivity contribution in [2.24, 2.45) is 0 Å². The van der Waals surface area contributed by atoms with Crippen molar-refractivity contribution in [2.75, 3.05) is 12.4 Å². The molecule has 1 N–H and O–H groups in total. The average Bonchev–Trinajstić information content (AvgIpc) is 2.46. The van der Waals surface area contributed by atoms with Crippen molar-refractivity contribution >= 4 is 16.9 Å². The van der Waals surface area contributed by atoms with Crippen molar-refractivity contribution in [3.05, 3.63) is 48.3 Å². The van der Waals surface area contributed by atoms with Crippen LogP contribution in [0.15, 0.2) is 42.6 Å². The molecule has 0 spiro atoms. The zero-order valence-corrected chi connectivity index (χ0v) is 11.3. The Morgan fingerprint density at radius 3 is 2.80 bits per heavy atom. The third kappa shape index (κ3) is 2.51. The molecule has 1 aromatic carbocycles. The number of ether oxygens (including phenoxy) is 1. The zero-order valence-electron chi connectivity index (χ0n) is 11.3. The van der Waals surface area contributed by atoms with Crippen LogP contribution < -0.4 is 10.1 Å². The van der Waals surface area contributed by atoms with E-state index in [2.05, 4.69) is 20.3 Å². The zero-order chi connectivity index (χ0) is 13.9. The summed E-state index contributed by atoms with van der Waals surface area (Å²) in [6.07, 6.45) is 1.69. The Hall–Kier alpha value is -2.69. The third-order valence-electron chi connectivity index (χ3n) is 2.84. The lowest BCUT2D eigenvalue weighted by atomic mass is 10.2. The number of nitrogens with zero attached hydrogens (tertiary/aromatic N) is 3. The summed E-state index contributed by atoms with van der Waals surface area (Å²) in [5.41, 5.74) is 1.78. The van der Waals surface area contributed by atoms with Gasteiger partial charge in [-0.15, -0.1) is 0 Å². The molecule has 0 aliphatic carbocycles. The van der Waals surface area contributed by atoms with Crippen molar-refractivity contribution in [1.82, 2.24) is 15.0 Å². The minimum absolute atomic E-state index is 0.499.